The van der Waals surface area contributed by atoms with Crippen LogP contribution in [0.1, 0.15) is 55.8 Å². The molecule has 3 atom stereocenters. The Balaban J connectivity index is 0.000000449. The number of nitrogens with zero attached hydrogens (tertiary/aromatic N) is 6. The van der Waals surface area contributed by atoms with E-state index in [1.165, 1.54) is 18.4 Å². The van der Waals surface area contributed by atoms with Crippen molar-refractivity contribution in [2.24, 2.45) is 0 Å². The molecule has 3 aliphatic heterocycles. The number of rotatable bonds is 10. The summed E-state index contributed by atoms with van der Waals surface area (Å²) in [4.78, 5) is 27.3. The number of halogens is 3. The van der Waals surface area contributed by atoms with Gasteiger partial charge in [-0.1, -0.05) is 49.7 Å². The van der Waals surface area contributed by atoms with Crippen LogP contribution in [0.15, 0.2) is 36.7 Å². The van der Waals surface area contributed by atoms with Gasteiger partial charge >= 0.3 is 6.01 Å². The van der Waals surface area contributed by atoms with Crippen LogP contribution in [0.3, 0.4) is 0 Å². The predicted octanol–water partition coefficient (Wildman–Crippen LogP) is 5.48. The van der Waals surface area contributed by atoms with Crippen LogP contribution in [0.25, 0.3) is 0 Å². The molecule has 3 saturated heterocycles. The van der Waals surface area contributed by atoms with E-state index in [9.17, 15) is 18.8 Å². The van der Waals surface area contributed by atoms with E-state index >= 15 is 0 Å². The number of anilines is 1. The molecule has 0 bridgehead atoms. The van der Waals surface area contributed by atoms with Crippen molar-refractivity contribution in [3.05, 3.63) is 58.5 Å². The maximum Gasteiger partial charge on any atom is 0.318 e. The zero-order valence-electron chi connectivity index (χ0n) is 25.1. The molecule has 11 heteroatoms. The van der Waals surface area contributed by atoms with E-state index in [-0.39, 0.29) is 19.0 Å². The number of amides is 1. The second-order valence-electron chi connectivity index (χ2n) is 11.3. The van der Waals surface area contributed by atoms with Gasteiger partial charge in [0.15, 0.2) is 5.83 Å². The number of aryl methyl sites for hydroxylation is 2. The highest BCUT2D eigenvalue weighted by molar-refractivity contribution is 6.31. The van der Waals surface area contributed by atoms with Gasteiger partial charge in [-0.2, -0.15) is 15.2 Å². The molecular formula is C32H41ClF2N6O2. The highest BCUT2D eigenvalue weighted by atomic mass is 35.5. The summed E-state index contributed by atoms with van der Waals surface area (Å²) in [6.45, 7) is 8.18. The van der Waals surface area contributed by atoms with Crippen molar-refractivity contribution < 1.29 is 18.3 Å². The van der Waals surface area contributed by atoms with E-state index in [4.69, 9.17) is 16.3 Å². The highest BCUT2D eigenvalue weighted by Gasteiger charge is 2.38. The number of alkyl halides is 1. The average molecular weight is 615 g/mol. The molecule has 1 aromatic carbocycles. The molecule has 4 heterocycles. The lowest BCUT2D eigenvalue weighted by Gasteiger charge is -2.41. The number of ether oxygens (including phenoxy) is 1. The van der Waals surface area contributed by atoms with Gasteiger partial charge in [0.2, 0.25) is 0 Å². The van der Waals surface area contributed by atoms with Crippen LogP contribution in [-0.4, -0.2) is 83.8 Å². The summed E-state index contributed by atoms with van der Waals surface area (Å²) in [6, 6.07) is 10.4. The maximum absolute atomic E-state index is 13.6. The van der Waals surface area contributed by atoms with Crippen LogP contribution in [0.4, 0.5) is 14.6 Å². The van der Waals surface area contributed by atoms with E-state index in [1.54, 1.807) is 0 Å². The van der Waals surface area contributed by atoms with Gasteiger partial charge in [-0.15, -0.1) is 0 Å². The molecule has 0 aliphatic carbocycles. The van der Waals surface area contributed by atoms with Crippen molar-refractivity contribution in [2.75, 3.05) is 44.7 Å². The molecule has 3 aliphatic rings. The number of carbonyl (C=O) groups excluding carboxylic acids is 1. The van der Waals surface area contributed by atoms with Crippen molar-refractivity contribution in [2.45, 2.75) is 76.5 Å². The standard InChI is InChI=1S/C26H31ClFN5O2.C6H10FN/c1-4-8-21-23(12-7-10-19-9-5-6-11-22(19)27)30-26(35-3)31-24(21)32-15-16-33(25(34)18(2)28)20(17-32)13-14-29;7-5-3-6-1-2-8(6)4-5/h5-6,9,11,20H,2,4,7-8,10,12-13,15-17H2,1,3H3;5-6H,1-4H2. The first kappa shape index (κ1) is 32.6. The van der Waals surface area contributed by atoms with Crippen molar-refractivity contribution in [1.29, 1.82) is 5.26 Å². The summed E-state index contributed by atoms with van der Waals surface area (Å²) in [5, 5.41) is 10.1. The van der Waals surface area contributed by atoms with Gasteiger partial charge in [0.05, 0.1) is 31.3 Å². The number of hydrogen-bond donors (Lipinski definition) is 0. The molecule has 3 fully saturated rings. The van der Waals surface area contributed by atoms with Gasteiger partial charge in [0.25, 0.3) is 5.91 Å². The fourth-order valence-corrected chi connectivity index (χ4v) is 6.32. The van der Waals surface area contributed by atoms with Crippen LogP contribution in [0, 0.1) is 11.3 Å². The van der Waals surface area contributed by atoms with E-state index in [0.29, 0.717) is 25.7 Å². The SMILES string of the molecule is C=C(F)C(=O)N1CCN(c2nc(OC)nc(CCCc3ccccc3Cl)c2CCC)CC1CC#N.FC1CC2CCN2C1. The third-order valence-electron chi connectivity index (χ3n) is 8.38. The number of hydrogen-bond acceptors (Lipinski definition) is 7. The zero-order chi connectivity index (χ0) is 30.9. The van der Waals surface area contributed by atoms with Crippen LogP contribution >= 0.6 is 11.6 Å². The second-order valence-corrected chi connectivity index (χ2v) is 11.7. The summed E-state index contributed by atoms with van der Waals surface area (Å²) >= 11 is 6.32. The second kappa shape index (κ2) is 15.4. The Morgan fingerprint density at radius 3 is 2.56 bits per heavy atom. The van der Waals surface area contributed by atoms with Crippen LogP contribution in [-0.2, 0) is 24.1 Å². The summed E-state index contributed by atoms with van der Waals surface area (Å²) < 4.78 is 31.4. The number of piperazine rings is 1. The molecule has 1 aromatic heterocycles. The number of fused-ring (bicyclic) bond motifs is 1. The van der Waals surface area contributed by atoms with Gasteiger partial charge in [-0.05, 0) is 50.2 Å². The maximum atomic E-state index is 13.6. The van der Waals surface area contributed by atoms with Crippen molar-refractivity contribution in [1.82, 2.24) is 19.8 Å². The lowest BCUT2D eigenvalue weighted by molar-refractivity contribution is -0.131. The van der Waals surface area contributed by atoms with Crippen LogP contribution in [0.2, 0.25) is 5.02 Å². The average Bonchev–Trinajstić information content (AvgIpc) is 3.25. The third kappa shape index (κ3) is 8.21. The first-order valence-corrected chi connectivity index (χ1v) is 15.5. The van der Waals surface area contributed by atoms with Crippen LogP contribution < -0.4 is 9.64 Å². The molecule has 0 N–H and O–H groups in total. The minimum atomic E-state index is -1.02. The molecule has 3 unspecified atom stereocenters. The van der Waals surface area contributed by atoms with E-state index < -0.39 is 23.9 Å². The number of benzene rings is 1. The Kier molecular flexibility index (Phi) is 11.7. The van der Waals surface area contributed by atoms with Crippen molar-refractivity contribution in [3.63, 3.8) is 0 Å². The minimum Gasteiger partial charge on any atom is -0.467 e. The van der Waals surface area contributed by atoms with Gasteiger partial charge in [-0.3, -0.25) is 9.69 Å². The van der Waals surface area contributed by atoms with Gasteiger partial charge < -0.3 is 14.5 Å². The van der Waals surface area contributed by atoms with Gasteiger partial charge in [0, 0.05) is 49.4 Å². The topological polar surface area (TPSA) is 85.6 Å². The quantitative estimate of drug-likeness (QED) is 0.328. The minimum absolute atomic E-state index is 0.0888. The lowest BCUT2D eigenvalue weighted by Crippen LogP contribution is -2.55. The normalized spacial score (nSPS) is 21.3. The highest BCUT2D eigenvalue weighted by Crippen LogP contribution is 2.31. The Labute approximate surface area is 258 Å². The molecule has 232 valence electrons. The fourth-order valence-electron chi connectivity index (χ4n) is 6.08. The van der Waals surface area contributed by atoms with E-state index in [0.717, 1.165) is 72.7 Å². The van der Waals surface area contributed by atoms with Gasteiger partial charge in [0.1, 0.15) is 12.0 Å². The Bertz CT molecular complexity index is 1310. The lowest BCUT2D eigenvalue weighted by atomic mass is 10.0. The van der Waals surface area contributed by atoms with Crippen LogP contribution in [0.5, 0.6) is 6.01 Å². The number of methoxy groups -OCH3 is 1. The van der Waals surface area contributed by atoms with E-state index in [1.807, 2.05) is 24.3 Å². The summed E-state index contributed by atoms with van der Waals surface area (Å²) in [7, 11) is 1.54. The van der Waals surface area contributed by atoms with Gasteiger partial charge in [-0.25, -0.2) is 8.78 Å². The Morgan fingerprint density at radius 2 is 1.98 bits per heavy atom. The third-order valence-corrected chi connectivity index (χ3v) is 8.75. The van der Waals surface area contributed by atoms with E-state index in [2.05, 4.69) is 39.3 Å². The first-order valence-electron chi connectivity index (χ1n) is 15.1. The summed E-state index contributed by atoms with van der Waals surface area (Å²) in [5.74, 6) is -1.03. The largest absolute Gasteiger partial charge is 0.467 e. The molecule has 43 heavy (non-hydrogen) atoms. The molecule has 0 saturated carbocycles. The number of carbonyl (C=O) groups is 1. The molecule has 8 nitrogen and oxygen atoms in total. The molecule has 1 amide bonds. The number of nitriles is 1. The van der Waals surface area contributed by atoms with Crippen molar-refractivity contribution in [3.8, 4) is 12.1 Å². The molecular weight excluding hydrogens is 574 g/mol. The summed E-state index contributed by atoms with van der Waals surface area (Å²) in [6.07, 6.45) is 5.72. The zero-order valence-corrected chi connectivity index (χ0v) is 25.8. The fraction of sp³-hybridized carbons (Fsp3) is 0.562. The monoisotopic (exact) mass is 614 g/mol. The first-order chi connectivity index (χ1) is 20.7. The molecule has 0 spiro atoms. The Morgan fingerprint density at radius 1 is 1.19 bits per heavy atom. The summed E-state index contributed by atoms with van der Waals surface area (Å²) in [5.41, 5.74) is 3.06. The molecule has 0 radical (unpaired) electrons. The number of aromatic nitrogens is 2. The van der Waals surface area contributed by atoms with Crippen molar-refractivity contribution >= 4 is 23.3 Å². The molecule has 5 rings (SSSR count). The predicted molar refractivity (Wildman–Crippen MR) is 164 cm³/mol. The smallest absolute Gasteiger partial charge is 0.318 e. The molecule has 2 aromatic rings. The Hall–Kier alpha value is -3.29.